The van der Waals surface area contributed by atoms with Gasteiger partial charge in [0, 0.05) is 6.54 Å². The summed E-state index contributed by atoms with van der Waals surface area (Å²) >= 11 is 0. The van der Waals surface area contributed by atoms with Crippen LogP contribution < -0.4 is 15.4 Å². The minimum atomic E-state index is -0.373. The first-order chi connectivity index (χ1) is 12.2. The maximum atomic E-state index is 13.7. The van der Waals surface area contributed by atoms with Gasteiger partial charge in [0.15, 0.2) is 5.82 Å². The predicted octanol–water partition coefficient (Wildman–Crippen LogP) is 3.42. The molecule has 0 saturated heterocycles. The molecule has 3 aromatic rings. The van der Waals surface area contributed by atoms with Crippen LogP contribution in [-0.4, -0.2) is 28.8 Å². The average Bonchev–Trinajstić information content (AvgIpc) is 2.64. The van der Waals surface area contributed by atoms with Crippen molar-refractivity contribution in [2.24, 2.45) is 0 Å². The second-order valence-electron chi connectivity index (χ2n) is 5.30. The average molecular weight is 339 g/mol. The van der Waals surface area contributed by atoms with Gasteiger partial charge in [-0.15, -0.1) is 5.10 Å². The van der Waals surface area contributed by atoms with Crippen LogP contribution in [0.3, 0.4) is 0 Å². The standard InChI is InChI=1S/C18H18FN5O/c1-25-14-6-4-5-13(11-14)9-10-20-17-12-21-24-18(23-17)22-16-8-3-2-7-15(16)19/h2-8,11-12H,9-10H2,1H3,(H2,20,22,23,24). The molecule has 0 radical (unpaired) electrons. The molecule has 2 aromatic carbocycles. The van der Waals surface area contributed by atoms with Crippen LogP contribution in [0.5, 0.6) is 5.75 Å². The molecular weight excluding hydrogens is 321 g/mol. The van der Waals surface area contributed by atoms with Gasteiger partial charge in [-0.1, -0.05) is 24.3 Å². The molecule has 1 aromatic heterocycles. The van der Waals surface area contributed by atoms with E-state index in [1.165, 1.54) is 12.3 Å². The molecule has 0 spiro atoms. The minimum Gasteiger partial charge on any atom is -0.497 e. The highest BCUT2D eigenvalue weighted by Crippen LogP contribution is 2.17. The van der Waals surface area contributed by atoms with Crippen molar-refractivity contribution < 1.29 is 9.13 Å². The summed E-state index contributed by atoms with van der Waals surface area (Å²) in [5, 5.41) is 13.8. The quantitative estimate of drug-likeness (QED) is 0.687. The van der Waals surface area contributed by atoms with E-state index in [-0.39, 0.29) is 11.8 Å². The lowest BCUT2D eigenvalue weighted by Crippen LogP contribution is -2.09. The molecule has 7 heteroatoms. The molecule has 0 bridgehead atoms. The molecule has 0 unspecified atom stereocenters. The number of rotatable bonds is 7. The summed E-state index contributed by atoms with van der Waals surface area (Å²) in [6.07, 6.45) is 2.33. The summed E-state index contributed by atoms with van der Waals surface area (Å²) in [6.45, 7) is 0.672. The summed E-state index contributed by atoms with van der Waals surface area (Å²) < 4.78 is 18.9. The van der Waals surface area contributed by atoms with Gasteiger partial charge in [0.05, 0.1) is 19.0 Å². The zero-order valence-corrected chi connectivity index (χ0v) is 13.7. The SMILES string of the molecule is COc1cccc(CCNc2cnnc(Nc3ccccc3F)n2)c1. The molecule has 0 aliphatic rings. The van der Waals surface area contributed by atoms with Crippen molar-refractivity contribution in [3.8, 4) is 5.75 Å². The number of hydrogen-bond acceptors (Lipinski definition) is 6. The van der Waals surface area contributed by atoms with Crippen LogP contribution in [0.2, 0.25) is 0 Å². The number of para-hydroxylation sites is 1. The third kappa shape index (κ3) is 4.63. The molecule has 3 rings (SSSR count). The topological polar surface area (TPSA) is 72.0 Å². The predicted molar refractivity (Wildman–Crippen MR) is 94.7 cm³/mol. The summed E-state index contributed by atoms with van der Waals surface area (Å²) in [4.78, 5) is 4.29. The van der Waals surface area contributed by atoms with E-state index in [2.05, 4.69) is 25.8 Å². The van der Waals surface area contributed by atoms with Gasteiger partial charge in [0.1, 0.15) is 11.6 Å². The largest absolute Gasteiger partial charge is 0.497 e. The van der Waals surface area contributed by atoms with E-state index in [0.29, 0.717) is 18.1 Å². The Morgan fingerprint density at radius 2 is 2.00 bits per heavy atom. The van der Waals surface area contributed by atoms with Crippen molar-refractivity contribution >= 4 is 17.5 Å². The van der Waals surface area contributed by atoms with Crippen LogP contribution in [0, 0.1) is 5.82 Å². The van der Waals surface area contributed by atoms with Crippen molar-refractivity contribution in [2.45, 2.75) is 6.42 Å². The number of nitrogens with zero attached hydrogens (tertiary/aromatic N) is 3. The Bertz CT molecular complexity index is 843. The second-order valence-corrected chi connectivity index (χ2v) is 5.30. The Kier molecular flexibility index (Phi) is 5.36. The van der Waals surface area contributed by atoms with Gasteiger partial charge in [0.2, 0.25) is 5.95 Å². The molecule has 0 amide bonds. The van der Waals surface area contributed by atoms with Crippen molar-refractivity contribution in [3.05, 3.63) is 66.1 Å². The molecule has 0 aliphatic carbocycles. The van der Waals surface area contributed by atoms with E-state index < -0.39 is 0 Å². The zero-order valence-electron chi connectivity index (χ0n) is 13.7. The minimum absolute atomic E-state index is 0.233. The summed E-state index contributed by atoms with van der Waals surface area (Å²) in [7, 11) is 1.65. The molecule has 6 nitrogen and oxygen atoms in total. The van der Waals surface area contributed by atoms with Gasteiger partial charge in [-0.25, -0.2) is 4.39 Å². The van der Waals surface area contributed by atoms with Crippen LogP contribution in [0.1, 0.15) is 5.56 Å². The number of nitrogens with one attached hydrogen (secondary N) is 2. The highest BCUT2D eigenvalue weighted by molar-refractivity contribution is 5.54. The monoisotopic (exact) mass is 339 g/mol. The van der Waals surface area contributed by atoms with Crippen LogP contribution >= 0.6 is 0 Å². The zero-order chi connectivity index (χ0) is 17.5. The first kappa shape index (κ1) is 16.6. The van der Waals surface area contributed by atoms with Gasteiger partial charge in [-0.05, 0) is 36.2 Å². The second kappa shape index (κ2) is 8.05. The van der Waals surface area contributed by atoms with Crippen molar-refractivity contribution in [2.75, 3.05) is 24.3 Å². The van der Waals surface area contributed by atoms with Crippen LogP contribution in [0.4, 0.5) is 21.8 Å². The lowest BCUT2D eigenvalue weighted by atomic mass is 10.1. The van der Waals surface area contributed by atoms with Crippen molar-refractivity contribution in [3.63, 3.8) is 0 Å². The van der Waals surface area contributed by atoms with E-state index in [4.69, 9.17) is 4.74 Å². The van der Waals surface area contributed by atoms with Crippen molar-refractivity contribution in [1.82, 2.24) is 15.2 Å². The molecule has 0 fully saturated rings. The molecule has 25 heavy (non-hydrogen) atoms. The lowest BCUT2D eigenvalue weighted by Gasteiger charge is -2.08. The van der Waals surface area contributed by atoms with E-state index in [1.807, 2.05) is 24.3 Å². The number of anilines is 3. The van der Waals surface area contributed by atoms with Gasteiger partial charge in [-0.2, -0.15) is 10.1 Å². The number of halogens is 1. The van der Waals surface area contributed by atoms with Gasteiger partial charge in [0.25, 0.3) is 0 Å². The lowest BCUT2D eigenvalue weighted by molar-refractivity contribution is 0.414. The number of benzene rings is 2. The molecule has 2 N–H and O–H groups in total. The normalized spacial score (nSPS) is 10.3. The number of ether oxygens (including phenoxy) is 1. The fraction of sp³-hybridized carbons (Fsp3) is 0.167. The molecule has 0 atom stereocenters. The maximum absolute atomic E-state index is 13.7. The number of aromatic nitrogens is 3. The van der Waals surface area contributed by atoms with E-state index in [0.717, 1.165) is 17.7 Å². The van der Waals surface area contributed by atoms with E-state index in [9.17, 15) is 4.39 Å². The first-order valence-electron chi connectivity index (χ1n) is 7.82. The molecular formula is C18H18FN5O. The molecule has 1 heterocycles. The summed E-state index contributed by atoms with van der Waals surface area (Å²) in [5.74, 6) is 1.26. The Balaban J connectivity index is 1.59. The summed E-state index contributed by atoms with van der Waals surface area (Å²) in [5.41, 5.74) is 1.46. The fourth-order valence-electron chi connectivity index (χ4n) is 2.29. The van der Waals surface area contributed by atoms with Gasteiger partial charge < -0.3 is 15.4 Å². The smallest absolute Gasteiger partial charge is 0.249 e. The Morgan fingerprint density at radius 1 is 1.12 bits per heavy atom. The third-order valence-electron chi connectivity index (χ3n) is 3.53. The highest BCUT2D eigenvalue weighted by Gasteiger charge is 2.05. The Labute approximate surface area is 145 Å². The van der Waals surface area contributed by atoms with Crippen molar-refractivity contribution in [1.29, 1.82) is 0 Å². The first-order valence-corrected chi connectivity index (χ1v) is 7.82. The number of hydrogen-bond donors (Lipinski definition) is 2. The van der Waals surface area contributed by atoms with Gasteiger partial charge in [-0.3, -0.25) is 0 Å². The molecule has 0 aliphatic heterocycles. The summed E-state index contributed by atoms with van der Waals surface area (Å²) in [6, 6.07) is 14.2. The van der Waals surface area contributed by atoms with Crippen LogP contribution in [0.15, 0.2) is 54.7 Å². The fourth-order valence-corrected chi connectivity index (χ4v) is 2.29. The Hall–Kier alpha value is -3.22. The Morgan fingerprint density at radius 3 is 2.84 bits per heavy atom. The third-order valence-corrected chi connectivity index (χ3v) is 3.53. The van der Waals surface area contributed by atoms with Crippen LogP contribution in [-0.2, 0) is 6.42 Å². The van der Waals surface area contributed by atoms with E-state index in [1.54, 1.807) is 25.3 Å². The van der Waals surface area contributed by atoms with E-state index >= 15 is 0 Å². The maximum Gasteiger partial charge on any atom is 0.249 e. The molecule has 0 saturated carbocycles. The molecule has 128 valence electrons. The highest BCUT2D eigenvalue weighted by atomic mass is 19.1. The van der Waals surface area contributed by atoms with Crippen LogP contribution in [0.25, 0.3) is 0 Å². The van der Waals surface area contributed by atoms with Gasteiger partial charge >= 0.3 is 0 Å². The number of methoxy groups -OCH3 is 1.